The molecule has 6 heteroatoms. The lowest BCUT2D eigenvalue weighted by molar-refractivity contribution is -0.208. The van der Waals surface area contributed by atoms with Gasteiger partial charge in [0.05, 0.1) is 35.7 Å². The number of carbonyl (C=O) groups is 1. The van der Waals surface area contributed by atoms with Crippen LogP contribution < -0.4 is 5.73 Å². The van der Waals surface area contributed by atoms with Crippen LogP contribution in [0.3, 0.4) is 0 Å². The maximum absolute atomic E-state index is 12.5. The van der Waals surface area contributed by atoms with E-state index in [-0.39, 0.29) is 24.5 Å². The second-order valence-corrected chi connectivity index (χ2v) is 10.0. The summed E-state index contributed by atoms with van der Waals surface area (Å²) in [5.74, 6) is -0.570. The minimum atomic E-state index is -0.799. The molecule has 1 unspecified atom stereocenters. The summed E-state index contributed by atoms with van der Waals surface area (Å²) in [6.45, 7) is 7.83. The van der Waals surface area contributed by atoms with Gasteiger partial charge in [-0.1, -0.05) is 19.9 Å². The number of aliphatic hydroxyl groups is 2. The first-order valence-corrected chi connectivity index (χ1v) is 10.4. The lowest BCUT2D eigenvalue weighted by Gasteiger charge is -2.47. The number of ether oxygens (including phenoxy) is 1. The number of allylic oxidation sites excluding steroid dienone is 2. The van der Waals surface area contributed by atoms with Crippen LogP contribution in [0.25, 0.3) is 5.57 Å². The highest BCUT2D eigenvalue weighted by Gasteiger charge is 2.45. The third-order valence-corrected chi connectivity index (χ3v) is 6.46. The van der Waals surface area contributed by atoms with E-state index in [2.05, 4.69) is 24.9 Å². The molecule has 1 saturated heterocycles. The highest BCUT2D eigenvalue weighted by molar-refractivity contribution is 5.99. The summed E-state index contributed by atoms with van der Waals surface area (Å²) in [5, 5.41) is 19.8. The summed E-state index contributed by atoms with van der Waals surface area (Å²) < 4.78 is 6.04. The van der Waals surface area contributed by atoms with E-state index in [1.165, 1.54) is 0 Å². The van der Waals surface area contributed by atoms with Crippen LogP contribution in [0.15, 0.2) is 18.3 Å². The van der Waals surface area contributed by atoms with Crippen molar-refractivity contribution in [3.63, 3.8) is 0 Å². The van der Waals surface area contributed by atoms with E-state index in [9.17, 15) is 15.0 Å². The maximum atomic E-state index is 12.5. The number of hydrogen-bond acceptors (Lipinski definition) is 5. The predicted octanol–water partition coefficient (Wildman–Crippen LogP) is 3.17. The molecular weight excluding hydrogens is 368 g/mol. The van der Waals surface area contributed by atoms with Crippen molar-refractivity contribution in [1.82, 2.24) is 4.98 Å². The van der Waals surface area contributed by atoms with Gasteiger partial charge in [0.2, 0.25) is 0 Å². The average Bonchev–Trinajstić information content (AvgIpc) is 2.67. The molecule has 0 bridgehead atoms. The molecule has 0 aromatic carbocycles. The molecule has 1 fully saturated rings. The van der Waals surface area contributed by atoms with Gasteiger partial charge in [-0.05, 0) is 74.5 Å². The lowest BCUT2D eigenvalue weighted by Crippen LogP contribution is -2.52. The van der Waals surface area contributed by atoms with Gasteiger partial charge < -0.3 is 20.7 Å². The van der Waals surface area contributed by atoms with E-state index >= 15 is 0 Å². The van der Waals surface area contributed by atoms with E-state index in [1.54, 1.807) is 6.20 Å². The number of aromatic nitrogens is 1. The van der Waals surface area contributed by atoms with Crippen molar-refractivity contribution in [2.45, 2.75) is 76.9 Å². The molecule has 2 aliphatic rings. The summed E-state index contributed by atoms with van der Waals surface area (Å²) in [6.07, 6.45) is 7.83. The highest BCUT2D eigenvalue weighted by Crippen LogP contribution is 2.45. The first kappa shape index (κ1) is 21.9. The van der Waals surface area contributed by atoms with Gasteiger partial charge in [-0.3, -0.25) is 9.78 Å². The lowest BCUT2D eigenvalue weighted by atomic mass is 9.74. The Labute approximate surface area is 173 Å². The molecule has 1 aliphatic carbocycles. The van der Waals surface area contributed by atoms with Crippen LogP contribution >= 0.6 is 0 Å². The second kappa shape index (κ2) is 7.82. The maximum Gasteiger partial charge on any atom is 0.251 e. The van der Waals surface area contributed by atoms with Gasteiger partial charge in [-0.2, -0.15) is 0 Å². The first-order valence-electron chi connectivity index (χ1n) is 10.4. The molecule has 0 saturated carbocycles. The third kappa shape index (κ3) is 4.55. The quantitative estimate of drug-likeness (QED) is 0.701. The second-order valence-electron chi connectivity index (χ2n) is 10.0. The van der Waals surface area contributed by atoms with Crippen LogP contribution in [0, 0.1) is 5.41 Å². The number of nitrogens with two attached hydrogens (primary N) is 1. The minimum absolute atomic E-state index is 0.0806. The van der Waals surface area contributed by atoms with Gasteiger partial charge in [0.25, 0.3) is 5.91 Å². The van der Waals surface area contributed by atoms with Crippen molar-refractivity contribution in [3.8, 4) is 0 Å². The highest BCUT2D eigenvalue weighted by atomic mass is 16.5. The number of primary amides is 1. The average molecular weight is 403 g/mol. The van der Waals surface area contributed by atoms with Gasteiger partial charge in [0.1, 0.15) is 0 Å². The standard InChI is InChI=1S/C23H34N2O4/c1-21(2)8-5-15(6-9-21)19-18(20(24)28)17(7-10-25-19)16-11-22(3,13-26)29-23(4,12-16)14-27/h5,7,10,16,26-27H,6,8-9,11-14H2,1-4H3,(H2,24,28)/t16?,22-,23+. The van der Waals surface area contributed by atoms with Crippen molar-refractivity contribution in [3.05, 3.63) is 35.2 Å². The van der Waals surface area contributed by atoms with Crippen LogP contribution in [0.4, 0.5) is 0 Å². The Kier molecular flexibility index (Phi) is 5.91. The summed E-state index contributed by atoms with van der Waals surface area (Å²) in [4.78, 5) is 17.1. The van der Waals surface area contributed by atoms with E-state index in [0.717, 1.165) is 30.4 Å². The predicted molar refractivity (Wildman–Crippen MR) is 112 cm³/mol. The smallest absolute Gasteiger partial charge is 0.251 e. The van der Waals surface area contributed by atoms with Crippen molar-refractivity contribution >= 4 is 11.5 Å². The van der Waals surface area contributed by atoms with Crippen molar-refractivity contribution < 1.29 is 19.7 Å². The Morgan fingerprint density at radius 3 is 2.31 bits per heavy atom. The fourth-order valence-electron chi connectivity index (χ4n) is 4.82. The molecule has 0 spiro atoms. The van der Waals surface area contributed by atoms with Gasteiger partial charge in [0.15, 0.2) is 0 Å². The molecule has 1 aromatic heterocycles. The zero-order chi connectivity index (χ0) is 21.4. The summed E-state index contributed by atoms with van der Waals surface area (Å²) in [6, 6.07) is 1.85. The minimum Gasteiger partial charge on any atom is -0.393 e. The van der Waals surface area contributed by atoms with Crippen molar-refractivity contribution in [2.75, 3.05) is 13.2 Å². The normalized spacial score (nSPS) is 31.9. The summed E-state index contributed by atoms with van der Waals surface area (Å²) in [5.41, 5.74) is 7.54. The van der Waals surface area contributed by atoms with Gasteiger partial charge in [-0.25, -0.2) is 0 Å². The first-order chi connectivity index (χ1) is 13.5. The summed E-state index contributed by atoms with van der Waals surface area (Å²) >= 11 is 0. The zero-order valence-electron chi connectivity index (χ0n) is 18.0. The molecular formula is C23H34N2O4. The van der Waals surface area contributed by atoms with Crippen LogP contribution in [0.1, 0.15) is 87.3 Å². The van der Waals surface area contributed by atoms with E-state index in [4.69, 9.17) is 10.5 Å². The Bertz CT molecular complexity index is 801. The largest absolute Gasteiger partial charge is 0.393 e. The number of aliphatic hydroxyl groups excluding tert-OH is 2. The number of hydrogen-bond donors (Lipinski definition) is 3. The molecule has 3 atom stereocenters. The number of carbonyl (C=O) groups excluding carboxylic acids is 1. The number of amides is 1. The molecule has 2 heterocycles. The molecule has 160 valence electrons. The molecule has 6 nitrogen and oxygen atoms in total. The third-order valence-electron chi connectivity index (χ3n) is 6.46. The van der Waals surface area contributed by atoms with Crippen LogP contribution in [-0.4, -0.2) is 45.5 Å². The molecule has 1 aliphatic heterocycles. The van der Waals surface area contributed by atoms with Gasteiger partial charge in [0, 0.05) is 6.20 Å². The Balaban J connectivity index is 2.06. The van der Waals surface area contributed by atoms with Crippen LogP contribution in [0.2, 0.25) is 0 Å². The molecule has 1 aromatic rings. The molecule has 1 amide bonds. The molecule has 3 rings (SSSR count). The number of rotatable bonds is 5. The van der Waals surface area contributed by atoms with E-state index in [0.29, 0.717) is 24.1 Å². The van der Waals surface area contributed by atoms with Crippen molar-refractivity contribution in [1.29, 1.82) is 0 Å². The molecule has 4 N–H and O–H groups in total. The SMILES string of the molecule is CC1(C)CC=C(c2nccc(C3C[C@](C)(CO)O[C@](C)(CO)C3)c2C(N)=O)CC1. The Hall–Kier alpha value is -1.76. The molecule has 29 heavy (non-hydrogen) atoms. The Morgan fingerprint density at radius 1 is 1.21 bits per heavy atom. The monoisotopic (exact) mass is 402 g/mol. The van der Waals surface area contributed by atoms with Gasteiger partial charge in [-0.15, -0.1) is 0 Å². The van der Waals surface area contributed by atoms with Crippen LogP contribution in [0.5, 0.6) is 0 Å². The fourth-order valence-corrected chi connectivity index (χ4v) is 4.82. The number of pyridine rings is 1. The fraction of sp³-hybridized carbons (Fsp3) is 0.652. The summed E-state index contributed by atoms with van der Waals surface area (Å²) in [7, 11) is 0. The zero-order valence-corrected chi connectivity index (χ0v) is 18.0. The topological polar surface area (TPSA) is 106 Å². The van der Waals surface area contributed by atoms with E-state index in [1.807, 2.05) is 19.9 Å². The van der Waals surface area contributed by atoms with Crippen molar-refractivity contribution in [2.24, 2.45) is 11.1 Å². The van der Waals surface area contributed by atoms with E-state index < -0.39 is 17.1 Å². The van der Waals surface area contributed by atoms with Gasteiger partial charge >= 0.3 is 0 Å². The molecule has 0 radical (unpaired) electrons. The Morgan fingerprint density at radius 2 is 1.83 bits per heavy atom. The number of nitrogens with zero attached hydrogens (tertiary/aromatic N) is 1. The van der Waals surface area contributed by atoms with Crippen LogP contribution in [-0.2, 0) is 4.74 Å².